The lowest BCUT2D eigenvalue weighted by molar-refractivity contribution is -0.208. The predicted octanol–water partition coefficient (Wildman–Crippen LogP) is 21.6. The molecular weight excluding hydrogens is 905 g/mol. The summed E-state index contributed by atoms with van der Waals surface area (Å²) < 4.78 is 44.4. The SMILES string of the molecule is CCCCCCCCOC(C=CCCCCCCCCCC(OCCCCCC)OCCCCCC)OC(C=CCCCCCCCCCC(OCCCCCC)OCCCCCC)OCCCCCCCC. The molecule has 7 nitrogen and oxygen atoms in total. The lowest BCUT2D eigenvalue weighted by Gasteiger charge is -2.22. The highest BCUT2D eigenvalue weighted by atomic mass is 16.8. The van der Waals surface area contributed by atoms with Crippen LogP contribution in [-0.4, -0.2) is 64.8 Å². The third kappa shape index (κ3) is 57.2. The molecule has 0 spiro atoms. The molecule has 0 saturated carbocycles. The van der Waals surface area contributed by atoms with Crippen molar-refractivity contribution in [2.45, 2.75) is 362 Å². The fourth-order valence-electron chi connectivity index (χ4n) is 9.31. The van der Waals surface area contributed by atoms with Gasteiger partial charge in [0, 0.05) is 26.4 Å². The van der Waals surface area contributed by atoms with E-state index in [2.05, 4.69) is 65.8 Å². The molecule has 0 saturated heterocycles. The maximum Gasteiger partial charge on any atom is 0.180 e. The van der Waals surface area contributed by atoms with Crippen molar-refractivity contribution < 1.29 is 33.2 Å². The minimum Gasteiger partial charge on any atom is -0.353 e. The lowest BCUT2D eigenvalue weighted by Crippen LogP contribution is -2.25. The molecule has 0 radical (unpaired) electrons. The van der Waals surface area contributed by atoms with Crippen molar-refractivity contribution in [1.29, 1.82) is 0 Å². The zero-order valence-electron chi connectivity index (χ0n) is 50.2. The first-order chi connectivity index (χ1) is 36.1. The Bertz CT molecular complexity index is 944. The van der Waals surface area contributed by atoms with Gasteiger partial charge in [0.15, 0.2) is 25.2 Å². The Kier molecular flexibility index (Phi) is 63.0. The predicted molar refractivity (Wildman–Crippen MR) is 317 cm³/mol. The smallest absolute Gasteiger partial charge is 0.180 e. The molecule has 0 amide bonds. The second-order valence-corrected chi connectivity index (χ2v) is 21.7. The highest BCUT2D eigenvalue weighted by Gasteiger charge is 2.15. The summed E-state index contributed by atoms with van der Waals surface area (Å²) in [6.45, 7) is 18.4. The number of rotatable bonds is 64. The van der Waals surface area contributed by atoms with Gasteiger partial charge in [-0.25, -0.2) is 0 Å². The second-order valence-electron chi connectivity index (χ2n) is 21.7. The van der Waals surface area contributed by atoms with Crippen LogP contribution in [0.25, 0.3) is 0 Å². The van der Waals surface area contributed by atoms with Crippen LogP contribution in [0.15, 0.2) is 24.3 Å². The van der Waals surface area contributed by atoms with Gasteiger partial charge in [-0.1, -0.05) is 259 Å². The third-order valence-electron chi connectivity index (χ3n) is 14.2. The van der Waals surface area contributed by atoms with Gasteiger partial charge >= 0.3 is 0 Å². The number of hydrogen-bond acceptors (Lipinski definition) is 7. The molecule has 0 aliphatic carbocycles. The van der Waals surface area contributed by atoms with Gasteiger partial charge in [-0.05, 0) is 102 Å². The topological polar surface area (TPSA) is 64.6 Å². The Morgan fingerprint density at radius 2 is 0.452 bits per heavy atom. The maximum atomic E-state index is 6.63. The molecule has 73 heavy (non-hydrogen) atoms. The molecular formula is C66H130O7. The largest absolute Gasteiger partial charge is 0.353 e. The Morgan fingerprint density at radius 3 is 0.740 bits per heavy atom. The standard InChI is InChI=1S/C66H130O7/c1-7-13-19-25-41-51-61-71-65(55-45-39-35-31-27-29-33-37-43-53-63(67-57-47-21-15-9-3)68-58-48-22-16-10-4)73-66(72-62-52-42-26-20-14-8-2)56-46-40-36-32-28-30-34-38-44-54-64(69-59-49-23-17-11-5)70-60-50-24-18-12-6/h45-46,55-56,63-66H,7-44,47-54,57-62H2,1-6H3. The van der Waals surface area contributed by atoms with E-state index in [0.717, 1.165) is 104 Å². The van der Waals surface area contributed by atoms with Crippen molar-refractivity contribution in [3.05, 3.63) is 24.3 Å². The van der Waals surface area contributed by atoms with Crippen molar-refractivity contribution in [3.63, 3.8) is 0 Å². The van der Waals surface area contributed by atoms with Crippen LogP contribution in [0.3, 0.4) is 0 Å². The number of hydrogen-bond donors (Lipinski definition) is 0. The summed E-state index contributed by atoms with van der Waals surface area (Å²) in [5, 5.41) is 0. The monoisotopic (exact) mass is 1030 g/mol. The summed E-state index contributed by atoms with van der Waals surface area (Å²) in [7, 11) is 0. The normalized spacial score (nSPS) is 13.0. The summed E-state index contributed by atoms with van der Waals surface area (Å²) in [5.41, 5.74) is 0. The average Bonchev–Trinajstić information content (AvgIpc) is 3.40. The van der Waals surface area contributed by atoms with Crippen LogP contribution in [-0.2, 0) is 33.2 Å². The Hall–Kier alpha value is -0.800. The van der Waals surface area contributed by atoms with Gasteiger partial charge in [-0.2, -0.15) is 0 Å². The molecule has 0 aliphatic rings. The number of ether oxygens (including phenoxy) is 7. The Balaban J connectivity index is 4.98. The summed E-state index contributed by atoms with van der Waals surface area (Å²) >= 11 is 0. The average molecular weight is 1040 g/mol. The third-order valence-corrected chi connectivity index (χ3v) is 14.2. The fourth-order valence-corrected chi connectivity index (χ4v) is 9.31. The van der Waals surface area contributed by atoms with E-state index in [0.29, 0.717) is 0 Å². The van der Waals surface area contributed by atoms with Crippen LogP contribution < -0.4 is 0 Å². The number of unbranched alkanes of at least 4 members (excludes halogenated alkanes) is 36. The fraction of sp³-hybridized carbons (Fsp3) is 0.939. The summed E-state index contributed by atoms with van der Waals surface area (Å²) in [5.74, 6) is 0. The first kappa shape index (κ1) is 72.2. The quantitative estimate of drug-likeness (QED) is 0.0342. The van der Waals surface area contributed by atoms with Gasteiger partial charge < -0.3 is 33.2 Å². The highest BCUT2D eigenvalue weighted by molar-refractivity contribution is 4.90. The molecule has 0 N–H and O–H groups in total. The molecule has 0 aromatic rings. The summed E-state index contributed by atoms with van der Waals surface area (Å²) in [4.78, 5) is 0. The van der Waals surface area contributed by atoms with Gasteiger partial charge in [-0.15, -0.1) is 0 Å². The van der Waals surface area contributed by atoms with E-state index in [-0.39, 0.29) is 25.2 Å². The van der Waals surface area contributed by atoms with E-state index in [9.17, 15) is 0 Å². The van der Waals surface area contributed by atoms with E-state index in [1.165, 1.54) is 231 Å². The van der Waals surface area contributed by atoms with Crippen molar-refractivity contribution in [3.8, 4) is 0 Å². The van der Waals surface area contributed by atoms with E-state index >= 15 is 0 Å². The maximum absolute atomic E-state index is 6.63. The van der Waals surface area contributed by atoms with Gasteiger partial charge in [0.05, 0.1) is 13.2 Å². The zero-order valence-corrected chi connectivity index (χ0v) is 50.2. The van der Waals surface area contributed by atoms with Crippen molar-refractivity contribution in [2.75, 3.05) is 39.6 Å². The van der Waals surface area contributed by atoms with Gasteiger partial charge in [0.1, 0.15) is 0 Å². The molecule has 0 bridgehead atoms. The Labute approximate surface area is 457 Å². The molecule has 2 unspecified atom stereocenters. The van der Waals surface area contributed by atoms with Crippen LogP contribution in [0.5, 0.6) is 0 Å². The van der Waals surface area contributed by atoms with E-state index < -0.39 is 0 Å². The van der Waals surface area contributed by atoms with Crippen LogP contribution in [0.1, 0.15) is 337 Å². The molecule has 2 atom stereocenters. The van der Waals surface area contributed by atoms with E-state index in [4.69, 9.17) is 33.2 Å². The molecule has 436 valence electrons. The van der Waals surface area contributed by atoms with Gasteiger partial charge in [-0.3, -0.25) is 0 Å². The molecule has 0 heterocycles. The van der Waals surface area contributed by atoms with Crippen molar-refractivity contribution >= 4 is 0 Å². The first-order valence-electron chi connectivity index (χ1n) is 32.8. The number of allylic oxidation sites excluding steroid dienone is 2. The first-order valence-corrected chi connectivity index (χ1v) is 32.8. The second kappa shape index (κ2) is 63.7. The molecule has 0 rings (SSSR count). The lowest BCUT2D eigenvalue weighted by atomic mass is 10.1. The minimum atomic E-state index is -0.385. The molecule has 0 aromatic carbocycles. The molecule has 0 aliphatic heterocycles. The molecule has 0 aromatic heterocycles. The zero-order chi connectivity index (χ0) is 52.9. The molecule has 0 fully saturated rings. The van der Waals surface area contributed by atoms with Crippen LogP contribution in [0.4, 0.5) is 0 Å². The van der Waals surface area contributed by atoms with Crippen LogP contribution in [0, 0.1) is 0 Å². The van der Waals surface area contributed by atoms with Gasteiger partial charge in [0.25, 0.3) is 0 Å². The van der Waals surface area contributed by atoms with Crippen molar-refractivity contribution in [1.82, 2.24) is 0 Å². The highest BCUT2D eigenvalue weighted by Crippen LogP contribution is 2.18. The van der Waals surface area contributed by atoms with E-state index in [1.54, 1.807) is 0 Å². The minimum absolute atomic E-state index is 0.0163. The summed E-state index contributed by atoms with van der Waals surface area (Å²) in [6, 6.07) is 0. The van der Waals surface area contributed by atoms with Crippen molar-refractivity contribution in [2.24, 2.45) is 0 Å². The van der Waals surface area contributed by atoms with E-state index in [1.807, 2.05) is 0 Å². The summed E-state index contributed by atoms with van der Waals surface area (Å²) in [6.07, 6.45) is 65.0. The Morgan fingerprint density at radius 1 is 0.233 bits per heavy atom. The van der Waals surface area contributed by atoms with Gasteiger partial charge in [0.2, 0.25) is 0 Å². The van der Waals surface area contributed by atoms with Crippen LogP contribution in [0.2, 0.25) is 0 Å². The molecule has 7 heteroatoms. The van der Waals surface area contributed by atoms with Crippen LogP contribution >= 0.6 is 0 Å².